The van der Waals surface area contributed by atoms with E-state index >= 15 is 0 Å². The molecule has 17 heteroatoms. The summed E-state index contributed by atoms with van der Waals surface area (Å²) < 4.78 is 20.4. The number of ether oxygens (including phenoxy) is 3. The van der Waals surface area contributed by atoms with E-state index in [2.05, 4.69) is 65.2 Å². The molecule has 4 atom stereocenters. The number of likely N-dealkylation sites (N-methyl/N-ethyl adjacent to an activating group) is 2. The van der Waals surface area contributed by atoms with Crippen molar-refractivity contribution in [1.29, 1.82) is 0 Å². The number of aryl methyl sites for hydroxylation is 1. The number of urea groups is 1. The Balaban J connectivity index is 1.15. The van der Waals surface area contributed by atoms with Crippen LogP contribution in [0.15, 0.2) is 41.9 Å². The number of hydrogen-bond donors (Lipinski definition) is 2. The Morgan fingerprint density at radius 1 is 1.12 bits per heavy atom. The number of carbonyl (C=O) groups is 4. The molecule has 0 unspecified atom stereocenters. The van der Waals surface area contributed by atoms with Gasteiger partial charge in [0, 0.05) is 92.3 Å². The number of fused-ring (bicyclic) bond motifs is 6. The molecule has 6 bridgehead atoms. The number of pyridine rings is 1. The van der Waals surface area contributed by atoms with Gasteiger partial charge in [-0.05, 0) is 75.9 Å². The summed E-state index contributed by atoms with van der Waals surface area (Å²) in [7, 11) is 5.37. The van der Waals surface area contributed by atoms with Gasteiger partial charge in [-0.25, -0.2) is 15.2 Å². The molecule has 4 aliphatic rings. The third kappa shape index (κ3) is 9.40. The molecule has 0 radical (unpaired) electrons. The van der Waals surface area contributed by atoms with Gasteiger partial charge in [0.2, 0.25) is 5.91 Å². The first kappa shape index (κ1) is 46.6. The van der Waals surface area contributed by atoms with Gasteiger partial charge in [0.1, 0.15) is 23.7 Å². The fraction of sp³-hybridized carbons (Fsp3) is 0.583. The van der Waals surface area contributed by atoms with Gasteiger partial charge in [-0.2, -0.15) is 0 Å². The first-order valence-electron chi connectivity index (χ1n) is 23.0. The van der Waals surface area contributed by atoms with Crippen molar-refractivity contribution >= 4 is 46.1 Å². The summed E-state index contributed by atoms with van der Waals surface area (Å²) in [5.74, 6) is -1.56. The molecule has 2 N–H and O–H groups in total. The zero-order valence-corrected chi connectivity index (χ0v) is 40.1. The van der Waals surface area contributed by atoms with Crippen LogP contribution < -0.4 is 10.7 Å². The Kier molecular flexibility index (Phi) is 13.4. The maximum Gasteiger partial charge on any atom is 0.324 e. The molecule has 7 heterocycles. The lowest BCUT2D eigenvalue weighted by atomic mass is 9.84. The fourth-order valence-electron chi connectivity index (χ4n) is 10.2. The summed E-state index contributed by atoms with van der Waals surface area (Å²) in [5.41, 5.74) is 8.98. The van der Waals surface area contributed by atoms with E-state index < -0.39 is 46.9 Å². The van der Waals surface area contributed by atoms with Crippen molar-refractivity contribution in [2.45, 2.75) is 104 Å². The third-order valence-corrected chi connectivity index (χ3v) is 14.3. The lowest BCUT2D eigenvalue weighted by Crippen LogP contribution is -2.70. The second-order valence-electron chi connectivity index (χ2n) is 19.5. The average Bonchev–Trinajstić information content (AvgIpc) is 3.88. The van der Waals surface area contributed by atoms with E-state index in [9.17, 15) is 19.2 Å². The van der Waals surface area contributed by atoms with Gasteiger partial charge < -0.3 is 38.8 Å². The summed E-state index contributed by atoms with van der Waals surface area (Å²) in [6.07, 6.45) is 3.28. The number of morpholine rings is 1. The number of esters is 1. The molecule has 350 valence electrons. The molecule has 4 aliphatic heterocycles. The van der Waals surface area contributed by atoms with Crippen molar-refractivity contribution in [3.8, 4) is 22.5 Å². The number of aromatic nitrogens is 3. The molecular formula is C48H65N9O7S. The van der Waals surface area contributed by atoms with E-state index in [1.807, 2.05) is 39.3 Å². The minimum Gasteiger partial charge on any atom is -0.464 e. The number of hydrazine groups is 1. The van der Waals surface area contributed by atoms with Gasteiger partial charge in [0.25, 0.3) is 5.91 Å². The van der Waals surface area contributed by atoms with Crippen LogP contribution in [0, 0.1) is 11.3 Å². The van der Waals surface area contributed by atoms with Crippen LogP contribution in [0.25, 0.3) is 33.4 Å². The van der Waals surface area contributed by atoms with Gasteiger partial charge in [0.05, 0.1) is 48.0 Å². The quantitative estimate of drug-likeness (QED) is 0.221. The highest BCUT2D eigenvalue weighted by atomic mass is 32.1. The Morgan fingerprint density at radius 3 is 2.63 bits per heavy atom. The van der Waals surface area contributed by atoms with Gasteiger partial charge >= 0.3 is 12.0 Å². The average molecular weight is 912 g/mol. The summed E-state index contributed by atoms with van der Waals surface area (Å²) >= 11 is 1.43. The number of nitrogens with one attached hydrogen (secondary N) is 2. The van der Waals surface area contributed by atoms with Crippen LogP contribution in [0.4, 0.5) is 4.79 Å². The first-order chi connectivity index (χ1) is 31.0. The van der Waals surface area contributed by atoms with E-state index in [1.165, 1.54) is 21.2 Å². The summed E-state index contributed by atoms with van der Waals surface area (Å²) in [6.45, 7) is 16.1. The predicted octanol–water partition coefficient (Wildman–Crippen LogP) is 5.30. The second kappa shape index (κ2) is 18.7. The number of benzene rings is 1. The molecule has 65 heavy (non-hydrogen) atoms. The second-order valence-corrected chi connectivity index (χ2v) is 20.4. The van der Waals surface area contributed by atoms with E-state index in [1.54, 1.807) is 25.3 Å². The van der Waals surface area contributed by atoms with Gasteiger partial charge in [-0.1, -0.05) is 33.8 Å². The number of rotatable bonds is 8. The molecule has 1 aromatic carbocycles. The van der Waals surface area contributed by atoms with E-state index in [0.29, 0.717) is 57.1 Å². The van der Waals surface area contributed by atoms with Crippen molar-refractivity contribution in [2.75, 3.05) is 67.1 Å². The lowest BCUT2D eigenvalue weighted by molar-refractivity contribution is -0.171. The lowest BCUT2D eigenvalue weighted by Gasteiger charge is -2.53. The van der Waals surface area contributed by atoms with Crippen LogP contribution in [-0.4, -0.2) is 149 Å². The number of likely N-dealkylation sites (tertiary alicyclic amines) is 1. The highest BCUT2D eigenvalue weighted by Crippen LogP contribution is 2.42. The zero-order chi connectivity index (χ0) is 46.4. The van der Waals surface area contributed by atoms with Crippen molar-refractivity contribution in [1.82, 2.24) is 45.0 Å². The summed E-state index contributed by atoms with van der Waals surface area (Å²) in [6, 6.07) is 7.51. The maximum atomic E-state index is 14.7. The minimum absolute atomic E-state index is 0.101. The largest absolute Gasteiger partial charge is 0.464 e. The number of amides is 4. The molecule has 8 rings (SSSR count). The molecule has 4 aromatic rings. The molecule has 0 saturated carbocycles. The van der Waals surface area contributed by atoms with E-state index in [0.717, 1.165) is 57.8 Å². The number of nitrogens with zero attached hydrogens (tertiary/aromatic N) is 7. The number of hydrogen-bond acceptors (Lipinski definition) is 12. The Morgan fingerprint density at radius 2 is 1.91 bits per heavy atom. The smallest absolute Gasteiger partial charge is 0.324 e. The van der Waals surface area contributed by atoms with Crippen molar-refractivity contribution in [3.05, 3.63) is 58.2 Å². The zero-order valence-electron chi connectivity index (χ0n) is 39.3. The topological polar surface area (TPSA) is 164 Å². The summed E-state index contributed by atoms with van der Waals surface area (Å²) in [5, 5.41) is 8.22. The minimum atomic E-state index is -1.05. The van der Waals surface area contributed by atoms with Gasteiger partial charge in [-0.15, -0.1) is 11.3 Å². The third-order valence-electron chi connectivity index (χ3n) is 13.4. The molecule has 1 spiro atoms. The van der Waals surface area contributed by atoms with Crippen LogP contribution >= 0.6 is 11.3 Å². The highest BCUT2D eigenvalue weighted by molar-refractivity contribution is 7.10. The van der Waals surface area contributed by atoms with Crippen molar-refractivity contribution < 1.29 is 33.4 Å². The SMILES string of the molecule is CCn1c(-c2cccnc2[C@H](C)OC)c2c3cc(ccc31)-c1csc(n1)C[C@H](NC(=O)[C@H](C(C)C)N(C)C(=O)N1CCOC3(CN(C)C3)C1)C(=O)N1CCC[C@H](N1)C(=O)OCC(C)(C)C2. The predicted molar refractivity (Wildman–Crippen MR) is 249 cm³/mol. The monoisotopic (exact) mass is 911 g/mol. The highest BCUT2D eigenvalue weighted by Gasteiger charge is 2.48. The van der Waals surface area contributed by atoms with Gasteiger partial charge in [0.15, 0.2) is 0 Å². The molecule has 3 fully saturated rings. The number of carbonyl (C=O) groups excluding carboxylic acids is 4. The Hall–Kier alpha value is -4.94. The number of thiazole rings is 1. The van der Waals surface area contributed by atoms with Crippen LogP contribution in [0.1, 0.15) is 76.8 Å². The Labute approximate surface area is 385 Å². The molecular weight excluding hydrogens is 847 g/mol. The molecule has 4 amide bonds. The van der Waals surface area contributed by atoms with Crippen LogP contribution in [0.5, 0.6) is 0 Å². The maximum absolute atomic E-state index is 14.7. The van der Waals surface area contributed by atoms with Crippen molar-refractivity contribution in [2.24, 2.45) is 11.3 Å². The standard InChI is InChI=1S/C48H65N9O7S/c1-10-56-38-16-15-31-21-33(38)34(42(56)32-13-11-17-49-40(32)30(4)62-9)23-47(5,6)28-63-45(60)35-14-12-18-57(52-35)44(59)36(22-39-50-37(31)24-65-39)51-43(58)41(29(2)3)54(8)46(61)55-19-20-64-48(27-55)25-53(7)26-48/h11,13,15-17,21,24,29-30,35-36,41,52H,10,12,14,18-20,22-23,25-28H2,1-9H3,(H,51,58)/t30-,35-,36-,41-/m0/s1. The molecule has 0 aliphatic carbocycles. The van der Waals surface area contributed by atoms with Crippen LogP contribution in [0.2, 0.25) is 0 Å². The Bertz CT molecular complexity index is 2420. The normalized spacial score (nSPS) is 22.3. The van der Waals surface area contributed by atoms with E-state index in [-0.39, 0.29) is 31.1 Å². The van der Waals surface area contributed by atoms with Crippen LogP contribution in [-0.2, 0) is 48.0 Å². The molecule has 16 nitrogen and oxygen atoms in total. The number of cyclic esters (lactones) is 1. The molecule has 3 aromatic heterocycles. The first-order valence-corrected chi connectivity index (χ1v) is 23.9. The van der Waals surface area contributed by atoms with Gasteiger partial charge in [-0.3, -0.25) is 24.4 Å². The number of methoxy groups -OCH3 is 1. The van der Waals surface area contributed by atoms with E-state index in [4.69, 9.17) is 24.2 Å². The van der Waals surface area contributed by atoms with Crippen molar-refractivity contribution in [3.63, 3.8) is 0 Å². The summed E-state index contributed by atoms with van der Waals surface area (Å²) in [4.78, 5) is 72.5. The van der Waals surface area contributed by atoms with Crippen LogP contribution in [0.3, 0.4) is 0 Å². The molecule has 3 saturated heterocycles. The fourth-order valence-corrected chi connectivity index (χ4v) is 11.1.